The standard InChI is InChI=1S/C14H15NO2S/c1-17-14-12(5-3-7-15-14)10-18-13-6-2-4-11(8-13)9-16/h2-8,16H,9-10H2,1H3. The average Bonchev–Trinajstić information content (AvgIpc) is 2.45. The van der Waals surface area contributed by atoms with Crippen LogP contribution in [0.1, 0.15) is 11.1 Å². The van der Waals surface area contributed by atoms with Crippen molar-refractivity contribution < 1.29 is 9.84 Å². The Labute approximate surface area is 111 Å². The number of rotatable bonds is 5. The van der Waals surface area contributed by atoms with E-state index in [0.29, 0.717) is 5.88 Å². The molecule has 1 heterocycles. The van der Waals surface area contributed by atoms with Gasteiger partial charge in [0, 0.05) is 22.4 Å². The molecule has 0 unspecified atom stereocenters. The van der Waals surface area contributed by atoms with E-state index in [2.05, 4.69) is 4.98 Å². The number of aliphatic hydroxyl groups is 1. The second kappa shape index (κ2) is 6.42. The lowest BCUT2D eigenvalue weighted by Gasteiger charge is -2.07. The Morgan fingerprint density at radius 1 is 1.28 bits per heavy atom. The maximum atomic E-state index is 9.09. The predicted molar refractivity (Wildman–Crippen MR) is 72.7 cm³/mol. The zero-order valence-corrected chi connectivity index (χ0v) is 11.0. The Kier molecular flexibility index (Phi) is 4.61. The number of benzene rings is 1. The molecule has 1 aromatic carbocycles. The quantitative estimate of drug-likeness (QED) is 0.840. The number of hydrogen-bond donors (Lipinski definition) is 1. The number of aromatic nitrogens is 1. The van der Waals surface area contributed by atoms with Crippen LogP contribution in [0.25, 0.3) is 0 Å². The van der Waals surface area contributed by atoms with Crippen molar-refractivity contribution in [2.75, 3.05) is 7.11 Å². The van der Waals surface area contributed by atoms with Crippen LogP contribution in [-0.4, -0.2) is 17.2 Å². The van der Waals surface area contributed by atoms with Crippen LogP contribution < -0.4 is 4.74 Å². The van der Waals surface area contributed by atoms with Gasteiger partial charge in [0.15, 0.2) is 0 Å². The van der Waals surface area contributed by atoms with Gasteiger partial charge in [0.2, 0.25) is 5.88 Å². The van der Waals surface area contributed by atoms with Gasteiger partial charge in [-0.05, 0) is 23.8 Å². The first kappa shape index (κ1) is 12.9. The van der Waals surface area contributed by atoms with Gasteiger partial charge >= 0.3 is 0 Å². The molecule has 1 aromatic heterocycles. The highest BCUT2D eigenvalue weighted by atomic mass is 32.2. The summed E-state index contributed by atoms with van der Waals surface area (Å²) in [6, 6.07) is 11.8. The fourth-order valence-corrected chi connectivity index (χ4v) is 2.56. The summed E-state index contributed by atoms with van der Waals surface area (Å²) in [5, 5.41) is 9.09. The van der Waals surface area contributed by atoms with Crippen LogP contribution in [0, 0.1) is 0 Å². The second-order valence-corrected chi connectivity index (χ2v) is 4.81. The minimum atomic E-state index is 0.0740. The lowest BCUT2D eigenvalue weighted by atomic mass is 10.2. The molecule has 2 aromatic rings. The van der Waals surface area contributed by atoms with Gasteiger partial charge in [-0.25, -0.2) is 4.98 Å². The molecule has 0 aliphatic carbocycles. The maximum absolute atomic E-state index is 9.09. The van der Waals surface area contributed by atoms with Crippen LogP contribution in [0.15, 0.2) is 47.5 Å². The van der Waals surface area contributed by atoms with E-state index >= 15 is 0 Å². The molecular weight excluding hydrogens is 246 g/mol. The first-order valence-electron chi connectivity index (χ1n) is 5.64. The third kappa shape index (κ3) is 3.24. The van der Waals surface area contributed by atoms with Crippen LogP contribution >= 0.6 is 11.8 Å². The molecule has 1 N–H and O–H groups in total. The minimum absolute atomic E-state index is 0.0740. The van der Waals surface area contributed by atoms with E-state index in [4.69, 9.17) is 9.84 Å². The number of hydrogen-bond acceptors (Lipinski definition) is 4. The number of nitrogens with zero attached hydrogens (tertiary/aromatic N) is 1. The van der Waals surface area contributed by atoms with E-state index in [-0.39, 0.29) is 6.61 Å². The van der Waals surface area contributed by atoms with Crippen LogP contribution in [0.2, 0.25) is 0 Å². The highest BCUT2D eigenvalue weighted by Gasteiger charge is 2.04. The van der Waals surface area contributed by atoms with E-state index in [0.717, 1.165) is 21.8 Å². The van der Waals surface area contributed by atoms with Gasteiger partial charge in [-0.3, -0.25) is 0 Å². The second-order valence-electron chi connectivity index (χ2n) is 3.77. The van der Waals surface area contributed by atoms with Crippen LogP contribution in [0.4, 0.5) is 0 Å². The number of methoxy groups -OCH3 is 1. The Balaban J connectivity index is 2.06. The third-order valence-corrected chi connectivity index (χ3v) is 3.56. The predicted octanol–water partition coefficient (Wildman–Crippen LogP) is 2.87. The van der Waals surface area contributed by atoms with Gasteiger partial charge in [0.05, 0.1) is 13.7 Å². The molecule has 94 valence electrons. The van der Waals surface area contributed by atoms with Crippen LogP contribution in [0.3, 0.4) is 0 Å². The summed E-state index contributed by atoms with van der Waals surface area (Å²) in [5.74, 6) is 1.47. The molecule has 0 spiro atoms. The van der Waals surface area contributed by atoms with Gasteiger partial charge < -0.3 is 9.84 Å². The molecule has 3 nitrogen and oxygen atoms in total. The van der Waals surface area contributed by atoms with Crippen molar-refractivity contribution in [1.82, 2.24) is 4.98 Å². The Morgan fingerprint density at radius 2 is 2.17 bits per heavy atom. The third-order valence-electron chi connectivity index (χ3n) is 2.52. The molecule has 2 rings (SSSR count). The molecule has 0 aliphatic heterocycles. The Bertz CT molecular complexity index is 517. The largest absolute Gasteiger partial charge is 0.481 e. The smallest absolute Gasteiger partial charge is 0.217 e. The van der Waals surface area contributed by atoms with E-state index in [1.54, 1.807) is 25.1 Å². The summed E-state index contributed by atoms with van der Waals surface area (Å²) >= 11 is 1.70. The normalized spacial score (nSPS) is 10.3. The first-order valence-corrected chi connectivity index (χ1v) is 6.62. The molecule has 0 saturated heterocycles. The summed E-state index contributed by atoms with van der Waals surface area (Å²) in [7, 11) is 1.63. The highest BCUT2D eigenvalue weighted by molar-refractivity contribution is 7.98. The van der Waals surface area contributed by atoms with E-state index < -0.39 is 0 Å². The SMILES string of the molecule is COc1ncccc1CSc1cccc(CO)c1. The van der Waals surface area contributed by atoms with E-state index in [1.807, 2.05) is 36.4 Å². The average molecular weight is 261 g/mol. The van der Waals surface area contributed by atoms with Crippen molar-refractivity contribution in [1.29, 1.82) is 0 Å². The van der Waals surface area contributed by atoms with E-state index in [9.17, 15) is 0 Å². The van der Waals surface area contributed by atoms with Crippen LogP contribution in [-0.2, 0) is 12.4 Å². The highest BCUT2D eigenvalue weighted by Crippen LogP contribution is 2.26. The van der Waals surface area contributed by atoms with Gasteiger partial charge in [0.1, 0.15) is 0 Å². The molecule has 18 heavy (non-hydrogen) atoms. The van der Waals surface area contributed by atoms with Crippen molar-refractivity contribution in [3.05, 3.63) is 53.7 Å². The van der Waals surface area contributed by atoms with Gasteiger partial charge in [-0.15, -0.1) is 11.8 Å². The number of aliphatic hydroxyl groups excluding tert-OH is 1. The summed E-state index contributed by atoms with van der Waals surface area (Å²) < 4.78 is 5.21. The monoisotopic (exact) mass is 261 g/mol. The zero-order valence-electron chi connectivity index (χ0n) is 10.2. The molecule has 0 bridgehead atoms. The summed E-state index contributed by atoms with van der Waals surface area (Å²) in [6.07, 6.45) is 1.72. The molecule has 0 saturated carbocycles. The maximum Gasteiger partial charge on any atom is 0.217 e. The molecular formula is C14H15NO2S. The molecule has 0 fully saturated rings. The minimum Gasteiger partial charge on any atom is -0.481 e. The summed E-state index contributed by atoms with van der Waals surface area (Å²) in [6.45, 7) is 0.0740. The first-order chi connectivity index (χ1) is 8.83. The molecule has 0 amide bonds. The van der Waals surface area contributed by atoms with Crippen molar-refractivity contribution in [2.24, 2.45) is 0 Å². The summed E-state index contributed by atoms with van der Waals surface area (Å²) in [5.41, 5.74) is 2.00. The number of pyridine rings is 1. The fraction of sp³-hybridized carbons (Fsp3) is 0.214. The van der Waals surface area contributed by atoms with Gasteiger partial charge in [-0.1, -0.05) is 18.2 Å². The van der Waals surface area contributed by atoms with E-state index in [1.165, 1.54) is 0 Å². The number of ether oxygens (including phenoxy) is 1. The lowest BCUT2D eigenvalue weighted by Crippen LogP contribution is -1.93. The molecule has 0 aliphatic rings. The molecule has 4 heteroatoms. The molecule has 0 atom stereocenters. The number of thioether (sulfide) groups is 1. The molecule has 0 radical (unpaired) electrons. The lowest BCUT2D eigenvalue weighted by molar-refractivity contribution is 0.281. The fourth-order valence-electron chi connectivity index (χ4n) is 1.61. The Morgan fingerprint density at radius 3 is 2.94 bits per heavy atom. The van der Waals surface area contributed by atoms with Crippen molar-refractivity contribution in [3.63, 3.8) is 0 Å². The van der Waals surface area contributed by atoms with Crippen LogP contribution in [0.5, 0.6) is 5.88 Å². The van der Waals surface area contributed by atoms with Crippen molar-refractivity contribution in [2.45, 2.75) is 17.3 Å². The topological polar surface area (TPSA) is 42.4 Å². The van der Waals surface area contributed by atoms with Crippen molar-refractivity contribution >= 4 is 11.8 Å². The Hall–Kier alpha value is -1.52. The van der Waals surface area contributed by atoms with Gasteiger partial charge in [-0.2, -0.15) is 0 Å². The summed E-state index contributed by atoms with van der Waals surface area (Å²) in [4.78, 5) is 5.30. The van der Waals surface area contributed by atoms with Crippen molar-refractivity contribution in [3.8, 4) is 5.88 Å². The zero-order chi connectivity index (χ0) is 12.8. The van der Waals surface area contributed by atoms with Gasteiger partial charge in [0.25, 0.3) is 0 Å².